The van der Waals surface area contributed by atoms with Crippen LogP contribution in [0.25, 0.3) is 0 Å². The molecule has 0 spiro atoms. The van der Waals surface area contributed by atoms with Gasteiger partial charge in [0.25, 0.3) is 0 Å². The highest BCUT2D eigenvalue weighted by Gasteiger charge is 1.94. The third kappa shape index (κ3) is 2.84. The molecule has 2 nitrogen and oxygen atoms in total. The molecule has 0 radical (unpaired) electrons. The molecule has 1 rings (SSSR count). The van der Waals surface area contributed by atoms with Crippen molar-refractivity contribution in [2.45, 2.75) is 0 Å². The van der Waals surface area contributed by atoms with Crippen LogP contribution in [0.2, 0.25) is 0 Å². The lowest BCUT2D eigenvalue weighted by Gasteiger charge is -2.01. The first-order valence-electron chi connectivity index (χ1n) is 3.12. The molecule has 1 aromatic rings. The third-order valence-electron chi connectivity index (χ3n) is 1.03. The summed E-state index contributed by atoms with van der Waals surface area (Å²) in [4.78, 5) is 3.62. The summed E-state index contributed by atoms with van der Waals surface area (Å²) in [6.45, 7) is 0.519. The first kappa shape index (κ1) is 8.46. The van der Waals surface area contributed by atoms with Crippen LogP contribution < -0.4 is 4.74 Å². The van der Waals surface area contributed by atoms with E-state index in [1.165, 1.54) is 12.3 Å². The van der Waals surface area contributed by atoms with Crippen molar-refractivity contribution in [2.24, 2.45) is 0 Å². The molecule has 0 unspecified atom stereocenters. The smallest absolute Gasteiger partial charge is 0.145 e. The summed E-state index contributed by atoms with van der Waals surface area (Å²) in [6.07, 6.45) is 2.62. The Kier molecular flexibility index (Phi) is 3.29. The minimum atomic E-state index is -0.378. The lowest BCUT2D eigenvalue weighted by molar-refractivity contribution is 0.341. The Balaban J connectivity index is 2.56. The van der Waals surface area contributed by atoms with E-state index in [2.05, 4.69) is 20.9 Å². The second kappa shape index (κ2) is 4.28. The molecule has 0 aliphatic rings. The molecule has 0 fully saturated rings. The Morgan fingerprint density at radius 1 is 1.55 bits per heavy atom. The molecule has 0 aliphatic heterocycles. The topological polar surface area (TPSA) is 22.1 Å². The van der Waals surface area contributed by atoms with Gasteiger partial charge in [-0.25, -0.2) is 4.39 Å². The number of nitrogens with zero attached hydrogens (tertiary/aromatic N) is 1. The molecule has 1 heterocycles. The quantitative estimate of drug-likeness (QED) is 0.726. The van der Waals surface area contributed by atoms with Crippen LogP contribution in [0.3, 0.4) is 0 Å². The van der Waals surface area contributed by atoms with E-state index < -0.39 is 0 Å². The predicted molar refractivity (Wildman–Crippen MR) is 43.5 cm³/mol. The van der Waals surface area contributed by atoms with E-state index in [-0.39, 0.29) is 5.82 Å². The Morgan fingerprint density at radius 3 is 3.00 bits per heavy atom. The maximum Gasteiger partial charge on any atom is 0.145 e. The van der Waals surface area contributed by atoms with Crippen molar-refractivity contribution in [3.8, 4) is 5.75 Å². The van der Waals surface area contributed by atoms with E-state index in [9.17, 15) is 4.39 Å². The summed E-state index contributed by atoms with van der Waals surface area (Å²) in [7, 11) is 0. The van der Waals surface area contributed by atoms with Gasteiger partial charge in [-0.05, 0) is 0 Å². The number of halogens is 2. The van der Waals surface area contributed by atoms with Gasteiger partial charge in [-0.1, -0.05) is 15.9 Å². The highest BCUT2D eigenvalue weighted by molar-refractivity contribution is 9.09. The fourth-order valence-electron chi connectivity index (χ4n) is 0.628. The van der Waals surface area contributed by atoms with Crippen LogP contribution in [-0.4, -0.2) is 16.9 Å². The van der Waals surface area contributed by atoms with E-state index in [4.69, 9.17) is 4.74 Å². The molecule has 0 saturated heterocycles. The summed E-state index contributed by atoms with van der Waals surface area (Å²) in [5.41, 5.74) is 0. The highest BCUT2D eigenvalue weighted by Crippen LogP contribution is 2.09. The van der Waals surface area contributed by atoms with E-state index in [1.807, 2.05) is 0 Å². The van der Waals surface area contributed by atoms with Crippen molar-refractivity contribution >= 4 is 15.9 Å². The molecule has 60 valence electrons. The van der Waals surface area contributed by atoms with Crippen molar-refractivity contribution in [1.82, 2.24) is 4.98 Å². The van der Waals surface area contributed by atoms with Crippen molar-refractivity contribution < 1.29 is 9.13 Å². The van der Waals surface area contributed by atoms with Gasteiger partial charge < -0.3 is 4.74 Å². The van der Waals surface area contributed by atoms with Crippen LogP contribution in [-0.2, 0) is 0 Å². The van der Waals surface area contributed by atoms with E-state index >= 15 is 0 Å². The average Bonchev–Trinajstić information content (AvgIpc) is 2.01. The molecule has 0 aliphatic carbocycles. The summed E-state index contributed by atoms with van der Waals surface area (Å²) in [5, 5.41) is 0.726. The fourth-order valence-corrected chi connectivity index (χ4v) is 0.790. The van der Waals surface area contributed by atoms with Gasteiger partial charge in [-0.3, -0.25) is 4.98 Å². The second-order valence-electron chi connectivity index (χ2n) is 1.88. The SMILES string of the molecule is Fc1cncc(OCCBr)c1. The van der Waals surface area contributed by atoms with Crippen molar-refractivity contribution in [3.63, 3.8) is 0 Å². The van der Waals surface area contributed by atoms with E-state index in [0.717, 1.165) is 11.5 Å². The molecular weight excluding hydrogens is 213 g/mol. The normalized spacial score (nSPS) is 9.64. The molecule has 4 heteroatoms. The number of ether oxygens (including phenoxy) is 1. The van der Waals surface area contributed by atoms with Crippen LogP contribution in [0, 0.1) is 5.82 Å². The Labute approximate surface area is 72.5 Å². The molecule has 0 N–H and O–H groups in total. The van der Waals surface area contributed by atoms with Crippen molar-refractivity contribution in [2.75, 3.05) is 11.9 Å². The molecule has 0 aromatic carbocycles. The van der Waals surface area contributed by atoms with Crippen molar-refractivity contribution in [3.05, 3.63) is 24.3 Å². The minimum Gasteiger partial charge on any atom is -0.491 e. The summed E-state index contributed by atoms with van der Waals surface area (Å²) in [6, 6.07) is 1.30. The maximum absolute atomic E-state index is 12.4. The minimum absolute atomic E-state index is 0.378. The van der Waals surface area contributed by atoms with Gasteiger partial charge in [0.05, 0.1) is 19.0 Å². The van der Waals surface area contributed by atoms with Gasteiger partial charge in [-0.2, -0.15) is 0 Å². The molecule has 1 aromatic heterocycles. The summed E-state index contributed by atoms with van der Waals surface area (Å²) < 4.78 is 17.5. The third-order valence-corrected chi connectivity index (χ3v) is 1.35. The molecule has 0 amide bonds. The second-order valence-corrected chi connectivity index (χ2v) is 2.67. The monoisotopic (exact) mass is 219 g/mol. The first-order chi connectivity index (χ1) is 5.33. The number of hydrogen-bond acceptors (Lipinski definition) is 2. The van der Waals surface area contributed by atoms with Gasteiger partial charge in [0.1, 0.15) is 11.6 Å². The molecule has 0 atom stereocenters. The number of rotatable bonds is 3. The Hall–Kier alpha value is -0.640. The Morgan fingerprint density at radius 2 is 2.36 bits per heavy atom. The number of alkyl halides is 1. The van der Waals surface area contributed by atoms with E-state index in [1.54, 1.807) is 0 Å². The summed E-state index contributed by atoms with van der Waals surface area (Å²) in [5.74, 6) is 0.0847. The predicted octanol–water partition coefficient (Wildman–Crippen LogP) is 1.99. The number of pyridine rings is 1. The zero-order valence-electron chi connectivity index (χ0n) is 5.76. The standard InChI is InChI=1S/C7H7BrFNO/c8-1-2-11-7-3-6(9)4-10-5-7/h3-5H,1-2H2. The van der Waals surface area contributed by atoms with Crippen LogP contribution >= 0.6 is 15.9 Å². The first-order valence-corrected chi connectivity index (χ1v) is 4.24. The van der Waals surface area contributed by atoms with Gasteiger partial charge in [0.15, 0.2) is 0 Å². The zero-order valence-corrected chi connectivity index (χ0v) is 7.34. The average molecular weight is 220 g/mol. The molecular formula is C7H7BrFNO. The van der Waals surface area contributed by atoms with E-state index in [0.29, 0.717) is 12.4 Å². The van der Waals surface area contributed by atoms with Crippen LogP contribution in [0.15, 0.2) is 18.5 Å². The van der Waals surface area contributed by atoms with Crippen LogP contribution in [0.4, 0.5) is 4.39 Å². The maximum atomic E-state index is 12.4. The zero-order chi connectivity index (χ0) is 8.10. The number of aromatic nitrogens is 1. The lowest BCUT2D eigenvalue weighted by Crippen LogP contribution is -1.98. The summed E-state index contributed by atoms with van der Waals surface area (Å²) >= 11 is 3.19. The molecule has 0 bridgehead atoms. The van der Waals surface area contributed by atoms with Gasteiger partial charge in [0, 0.05) is 11.4 Å². The molecule has 11 heavy (non-hydrogen) atoms. The van der Waals surface area contributed by atoms with Crippen LogP contribution in [0.5, 0.6) is 5.75 Å². The van der Waals surface area contributed by atoms with Gasteiger partial charge >= 0.3 is 0 Å². The van der Waals surface area contributed by atoms with Gasteiger partial charge in [0.2, 0.25) is 0 Å². The van der Waals surface area contributed by atoms with Gasteiger partial charge in [-0.15, -0.1) is 0 Å². The van der Waals surface area contributed by atoms with Crippen LogP contribution in [0.1, 0.15) is 0 Å². The molecule has 0 saturated carbocycles. The largest absolute Gasteiger partial charge is 0.491 e. The Bertz CT molecular complexity index is 231. The highest BCUT2D eigenvalue weighted by atomic mass is 79.9. The van der Waals surface area contributed by atoms with Crippen molar-refractivity contribution in [1.29, 1.82) is 0 Å². The number of hydrogen-bond donors (Lipinski definition) is 0. The lowest BCUT2D eigenvalue weighted by atomic mass is 10.4. The fraction of sp³-hybridized carbons (Fsp3) is 0.286.